The fraction of sp³-hybridized carbons (Fsp3) is 0.222. The Balaban J connectivity index is 1.56. The molecule has 0 aromatic heterocycles. The number of anilines is 1. The number of fused-ring (bicyclic) bond motifs is 1. The molecule has 0 saturated heterocycles. The first-order valence-corrected chi connectivity index (χ1v) is 7.69. The number of nitrogens with one attached hydrogen (secondary N) is 1. The molecule has 0 saturated carbocycles. The summed E-state index contributed by atoms with van der Waals surface area (Å²) in [5.74, 6) is 0.925. The fourth-order valence-corrected chi connectivity index (χ4v) is 2.35. The Hall–Kier alpha value is -3.42. The lowest BCUT2D eigenvalue weighted by atomic mass is 10.2. The van der Waals surface area contributed by atoms with Crippen molar-refractivity contribution in [3.05, 3.63) is 42.0 Å². The highest BCUT2D eigenvalue weighted by Crippen LogP contribution is 2.34. The second kappa shape index (κ2) is 7.64. The molecule has 26 heavy (non-hydrogen) atoms. The molecule has 2 aromatic carbocycles. The molecule has 1 heterocycles. The average molecular weight is 359 g/mol. The Bertz CT molecular complexity index is 834. The molecule has 8 nitrogen and oxygen atoms in total. The van der Waals surface area contributed by atoms with Gasteiger partial charge in [0.25, 0.3) is 5.91 Å². The van der Waals surface area contributed by atoms with Crippen molar-refractivity contribution in [2.75, 3.05) is 32.9 Å². The fourth-order valence-electron chi connectivity index (χ4n) is 2.35. The van der Waals surface area contributed by atoms with Crippen LogP contribution < -0.4 is 24.3 Å². The lowest BCUT2D eigenvalue weighted by molar-refractivity contribution is -0.119. The molecule has 8 heteroatoms. The third-order valence-electron chi connectivity index (χ3n) is 3.61. The van der Waals surface area contributed by atoms with E-state index >= 15 is 0 Å². The predicted octanol–water partition coefficient (Wildman–Crippen LogP) is 2.23. The first kappa shape index (κ1) is 17.4. The first-order chi connectivity index (χ1) is 12.6. The molecule has 0 atom stereocenters. The zero-order valence-electron chi connectivity index (χ0n) is 14.2. The van der Waals surface area contributed by atoms with Crippen LogP contribution in [0.15, 0.2) is 36.4 Å². The van der Waals surface area contributed by atoms with E-state index in [2.05, 4.69) is 5.32 Å². The van der Waals surface area contributed by atoms with Crippen molar-refractivity contribution in [2.24, 2.45) is 0 Å². The van der Waals surface area contributed by atoms with Crippen LogP contribution >= 0.6 is 0 Å². The Morgan fingerprint density at radius 2 is 1.77 bits per heavy atom. The molecule has 1 aliphatic heterocycles. The molecule has 0 bridgehead atoms. The highest BCUT2D eigenvalue weighted by Gasteiger charge is 2.16. The van der Waals surface area contributed by atoms with Gasteiger partial charge in [0.1, 0.15) is 0 Å². The minimum Gasteiger partial charge on any atom is -0.493 e. The molecule has 136 valence electrons. The average Bonchev–Trinajstić information content (AvgIpc) is 3.13. The molecule has 0 radical (unpaired) electrons. The van der Waals surface area contributed by atoms with E-state index in [4.69, 9.17) is 23.7 Å². The lowest BCUT2D eigenvalue weighted by Gasteiger charge is -2.10. The van der Waals surface area contributed by atoms with Gasteiger partial charge in [-0.25, -0.2) is 4.79 Å². The summed E-state index contributed by atoms with van der Waals surface area (Å²) in [4.78, 5) is 24.1. The van der Waals surface area contributed by atoms with Crippen LogP contribution in [-0.2, 0) is 9.53 Å². The number of carbonyl (C=O) groups excluding carboxylic acids is 2. The van der Waals surface area contributed by atoms with E-state index in [1.807, 2.05) is 0 Å². The van der Waals surface area contributed by atoms with E-state index in [1.54, 1.807) is 24.3 Å². The third kappa shape index (κ3) is 3.80. The summed E-state index contributed by atoms with van der Waals surface area (Å²) in [7, 11) is 2.96. The monoisotopic (exact) mass is 359 g/mol. The molecule has 0 unspecified atom stereocenters. The smallest absolute Gasteiger partial charge is 0.338 e. The highest BCUT2D eigenvalue weighted by molar-refractivity contribution is 5.96. The first-order valence-electron chi connectivity index (χ1n) is 7.69. The summed E-state index contributed by atoms with van der Waals surface area (Å²) < 4.78 is 25.7. The Labute approximate surface area is 149 Å². The van der Waals surface area contributed by atoms with Gasteiger partial charge in [0.2, 0.25) is 6.79 Å². The molecular weight excluding hydrogens is 342 g/mol. The maximum atomic E-state index is 12.1. The van der Waals surface area contributed by atoms with Crippen molar-refractivity contribution in [3.8, 4) is 23.0 Å². The van der Waals surface area contributed by atoms with Gasteiger partial charge in [0.15, 0.2) is 29.6 Å². The number of rotatable bonds is 6. The van der Waals surface area contributed by atoms with Gasteiger partial charge < -0.3 is 29.0 Å². The Kier molecular flexibility index (Phi) is 5.12. The van der Waals surface area contributed by atoms with Crippen molar-refractivity contribution in [3.63, 3.8) is 0 Å². The zero-order valence-corrected chi connectivity index (χ0v) is 14.2. The van der Waals surface area contributed by atoms with Crippen LogP contribution in [0.25, 0.3) is 0 Å². The molecular formula is C18H17NO7. The topological polar surface area (TPSA) is 92.3 Å². The number of hydrogen-bond acceptors (Lipinski definition) is 7. The van der Waals surface area contributed by atoms with Crippen LogP contribution in [0.3, 0.4) is 0 Å². The van der Waals surface area contributed by atoms with Gasteiger partial charge >= 0.3 is 5.97 Å². The van der Waals surface area contributed by atoms with Gasteiger partial charge in [0, 0.05) is 11.8 Å². The highest BCUT2D eigenvalue weighted by atomic mass is 16.7. The summed E-state index contributed by atoms with van der Waals surface area (Å²) in [6.45, 7) is -0.280. The van der Waals surface area contributed by atoms with Crippen molar-refractivity contribution in [1.82, 2.24) is 0 Å². The lowest BCUT2D eigenvalue weighted by Crippen LogP contribution is -2.20. The number of methoxy groups -OCH3 is 2. The van der Waals surface area contributed by atoms with E-state index in [9.17, 15) is 9.59 Å². The van der Waals surface area contributed by atoms with Crippen molar-refractivity contribution < 1.29 is 33.3 Å². The van der Waals surface area contributed by atoms with E-state index in [1.165, 1.54) is 26.4 Å². The van der Waals surface area contributed by atoms with Crippen LogP contribution in [-0.4, -0.2) is 39.5 Å². The van der Waals surface area contributed by atoms with Gasteiger partial charge in [-0.2, -0.15) is 0 Å². The van der Waals surface area contributed by atoms with E-state index in [0.29, 0.717) is 28.7 Å². The molecule has 1 aliphatic rings. The van der Waals surface area contributed by atoms with E-state index in [-0.39, 0.29) is 12.4 Å². The Morgan fingerprint density at radius 3 is 2.54 bits per heavy atom. The quantitative estimate of drug-likeness (QED) is 0.791. The van der Waals surface area contributed by atoms with Gasteiger partial charge in [-0.1, -0.05) is 0 Å². The largest absolute Gasteiger partial charge is 0.493 e. The minimum atomic E-state index is -0.646. The Morgan fingerprint density at radius 1 is 1.00 bits per heavy atom. The summed E-state index contributed by atoms with van der Waals surface area (Å²) in [5, 5.41) is 2.62. The number of carbonyl (C=O) groups is 2. The normalized spacial score (nSPS) is 11.6. The van der Waals surface area contributed by atoms with Gasteiger partial charge in [-0.05, 0) is 30.3 Å². The number of esters is 1. The van der Waals surface area contributed by atoms with E-state index < -0.39 is 18.5 Å². The van der Waals surface area contributed by atoms with Gasteiger partial charge in [-0.3, -0.25) is 4.79 Å². The molecule has 0 aliphatic carbocycles. The standard InChI is InChI=1S/C18H17NO7/c1-22-13-5-3-11(7-15(13)23-2)18(21)24-9-17(20)19-12-4-6-14-16(8-12)26-10-25-14/h3-8H,9-10H2,1-2H3,(H,19,20). The number of benzene rings is 2. The number of hydrogen-bond donors (Lipinski definition) is 1. The van der Waals surface area contributed by atoms with Crippen LogP contribution in [0.2, 0.25) is 0 Å². The van der Waals surface area contributed by atoms with E-state index in [0.717, 1.165) is 0 Å². The van der Waals surface area contributed by atoms with Crippen molar-refractivity contribution in [2.45, 2.75) is 0 Å². The maximum Gasteiger partial charge on any atom is 0.338 e. The minimum absolute atomic E-state index is 0.148. The van der Waals surface area contributed by atoms with Gasteiger partial charge in [0.05, 0.1) is 19.8 Å². The van der Waals surface area contributed by atoms with Gasteiger partial charge in [-0.15, -0.1) is 0 Å². The number of ether oxygens (including phenoxy) is 5. The summed E-state index contributed by atoms with van der Waals surface area (Å²) in [6, 6.07) is 9.59. The predicted molar refractivity (Wildman–Crippen MR) is 91.0 cm³/mol. The van der Waals surface area contributed by atoms with Crippen molar-refractivity contribution in [1.29, 1.82) is 0 Å². The summed E-state index contributed by atoms with van der Waals surface area (Å²) >= 11 is 0. The SMILES string of the molecule is COc1ccc(C(=O)OCC(=O)Nc2ccc3c(c2)OCO3)cc1OC. The summed E-state index contributed by atoms with van der Waals surface area (Å²) in [5.41, 5.74) is 0.764. The second-order valence-electron chi connectivity index (χ2n) is 5.26. The molecule has 1 N–H and O–H groups in total. The summed E-state index contributed by atoms with van der Waals surface area (Å²) in [6.07, 6.45) is 0. The molecule has 0 spiro atoms. The molecule has 1 amide bonds. The molecule has 3 rings (SSSR count). The molecule has 0 fully saturated rings. The van der Waals surface area contributed by atoms with Crippen LogP contribution in [0, 0.1) is 0 Å². The zero-order chi connectivity index (χ0) is 18.5. The third-order valence-corrected chi connectivity index (χ3v) is 3.61. The van der Waals surface area contributed by atoms with Crippen LogP contribution in [0.1, 0.15) is 10.4 Å². The molecule has 2 aromatic rings. The van der Waals surface area contributed by atoms with Crippen LogP contribution in [0.5, 0.6) is 23.0 Å². The number of amides is 1. The second-order valence-corrected chi connectivity index (χ2v) is 5.26. The maximum absolute atomic E-state index is 12.1. The van der Waals surface area contributed by atoms with Crippen molar-refractivity contribution >= 4 is 17.6 Å². The van der Waals surface area contributed by atoms with Crippen LogP contribution in [0.4, 0.5) is 5.69 Å².